The van der Waals surface area contributed by atoms with Gasteiger partial charge in [0.25, 0.3) is 0 Å². The minimum Gasteiger partial charge on any atom is -0.480 e. The monoisotopic (exact) mass is 237 g/mol. The van der Waals surface area contributed by atoms with Crippen molar-refractivity contribution in [2.45, 2.75) is 45.3 Å². The lowest BCUT2D eigenvalue weighted by molar-refractivity contribution is -0.142. The first-order chi connectivity index (χ1) is 8.08. The lowest BCUT2D eigenvalue weighted by Crippen LogP contribution is -2.35. The second-order valence-corrected chi connectivity index (χ2v) is 4.85. The van der Waals surface area contributed by atoms with E-state index in [-0.39, 0.29) is 6.04 Å². The number of hydrogen-bond donors (Lipinski definition) is 1. The van der Waals surface area contributed by atoms with Gasteiger partial charge in [-0.3, -0.25) is 14.4 Å². The van der Waals surface area contributed by atoms with Gasteiger partial charge >= 0.3 is 5.97 Å². The molecule has 94 valence electrons. The molecule has 1 fully saturated rings. The van der Waals surface area contributed by atoms with Crippen molar-refractivity contribution in [3.63, 3.8) is 0 Å². The molecule has 0 bridgehead atoms. The van der Waals surface area contributed by atoms with Crippen molar-refractivity contribution in [1.82, 2.24) is 14.7 Å². The van der Waals surface area contributed by atoms with Crippen LogP contribution in [0.15, 0.2) is 12.3 Å². The molecule has 1 atom stereocenters. The van der Waals surface area contributed by atoms with Gasteiger partial charge in [-0.1, -0.05) is 0 Å². The molecule has 0 spiro atoms. The fourth-order valence-electron chi connectivity index (χ4n) is 2.25. The van der Waals surface area contributed by atoms with E-state index in [0.717, 1.165) is 25.1 Å². The molecule has 5 heteroatoms. The highest BCUT2D eigenvalue weighted by molar-refractivity contribution is 5.73. The van der Waals surface area contributed by atoms with Crippen molar-refractivity contribution in [1.29, 1.82) is 0 Å². The molecule has 0 saturated carbocycles. The van der Waals surface area contributed by atoms with Crippen LogP contribution in [0, 0.1) is 0 Å². The molecule has 0 unspecified atom stereocenters. The van der Waals surface area contributed by atoms with E-state index in [9.17, 15) is 4.79 Å². The Morgan fingerprint density at radius 1 is 1.65 bits per heavy atom. The van der Waals surface area contributed by atoms with Gasteiger partial charge in [0, 0.05) is 18.8 Å². The van der Waals surface area contributed by atoms with Gasteiger partial charge in [0.1, 0.15) is 6.04 Å². The smallest absolute Gasteiger partial charge is 0.320 e. The molecule has 1 N–H and O–H groups in total. The number of carbonyl (C=O) groups is 1. The van der Waals surface area contributed by atoms with Crippen LogP contribution in [-0.4, -0.2) is 38.3 Å². The topological polar surface area (TPSA) is 58.4 Å². The normalized spacial score (nSPS) is 21.2. The average molecular weight is 237 g/mol. The lowest BCUT2D eigenvalue weighted by Gasteiger charge is -2.19. The standard InChI is InChI=1S/C12H19N3O2/c1-9(2)15-7-5-10(13-15)8-14-6-3-4-11(14)12(16)17/h5,7,9,11H,3-4,6,8H2,1-2H3,(H,16,17)/t11-/m0/s1. The number of likely N-dealkylation sites (tertiary alicyclic amines) is 1. The molecule has 1 aliphatic rings. The maximum atomic E-state index is 11.0. The van der Waals surface area contributed by atoms with Crippen LogP contribution < -0.4 is 0 Å². The maximum absolute atomic E-state index is 11.0. The number of aliphatic carboxylic acids is 1. The Hall–Kier alpha value is -1.36. The Labute approximate surface area is 101 Å². The highest BCUT2D eigenvalue weighted by Crippen LogP contribution is 2.19. The Balaban J connectivity index is 2.02. The molecular formula is C12H19N3O2. The maximum Gasteiger partial charge on any atom is 0.320 e. The van der Waals surface area contributed by atoms with E-state index < -0.39 is 5.97 Å². The molecule has 5 nitrogen and oxygen atoms in total. The van der Waals surface area contributed by atoms with Crippen LogP contribution >= 0.6 is 0 Å². The molecular weight excluding hydrogens is 218 g/mol. The highest BCUT2D eigenvalue weighted by Gasteiger charge is 2.30. The van der Waals surface area contributed by atoms with Crippen LogP contribution in [0.2, 0.25) is 0 Å². The SMILES string of the molecule is CC(C)n1ccc(CN2CCC[C@H]2C(=O)O)n1. The summed E-state index contributed by atoms with van der Waals surface area (Å²) in [5, 5.41) is 13.5. The number of nitrogens with zero attached hydrogens (tertiary/aromatic N) is 3. The van der Waals surface area contributed by atoms with E-state index >= 15 is 0 Å². The van der Waals surface area contributed by atoms with E-state index in [1.54, 1.807) is 0 Å². The van der Waals surface area contributed by atoms with Crippen LogP contribution in [0.3, 0.4) is 0 Å². The zero-order valence-electron chi connectivity index (χ0n) is 10.3. The van der Waals surface area contributed by atoms with Crippen LogP contribution in [0.4, 0.5) is 0 Å². The van der Waals surface area contributed by atoms with Crippen LogP contribution in [0.5, 0.6) is 0 Å². The predicted molar refractivity (Wildman–Crippen MR) is 63.7 cm³/mol. The molecule has 2 heterocycles. The fraction of sp³-hybridized carbons (Fsp3) is 0.667. The largest absolute Gasteiger partial charge is 0.480 e. The third kappa shape index (κ3) is 2.66. The Morgan fingerprint density at radius 3 is 3.00 bits per heavy atom. The van der Waals surface area contributed by atoms with E-state index in [0.29, 0.717) is 12.6 Å². The van der Waals surface area contributed by atoms with Crippen LogP contribution in [0.1, 0.15) is 38.4 Å². The van der Waals surface area contributed by atoms with E-state index in [1.807, 2.05) is 21.8 Å². The highest BCUT2D eigenvalue weighted by atomic mass is 16.4. The van der Waals surface area contributed by atoms with Crippen LogP contribution in [0.25, 0.3) is 0 Å². The minimum absolute atomic E-state index is 0.334. The van der Waals surface area contributed by atoms with E-state index in [4.69, 9.17) is 5.11 Å². The van der Waals surface area contributed by atoms with Crippen molar-refractivity contribution in [3.05, 3.63) is 18.0 Å². The van der Waals surface area contributed by atoms with Crippen molar-refractivity contribution < 1.29 is 9.90 Å². The van der Waals surface area contributed by atoms with Crippen molar-refractivity contribution in [3.8, 4) is 0 Å². The van der Waals surface area contributed by atoms with Gasteiger partial charge < -0.3 is 5.11 Å². The first kappa shape index (κ1) is 12.1. The molecule has 1 saturated heterocycles. The molecule has 2 rings (SSSR count). The Kier molecular flexibility index (Phi) is 3.47. The van der Waals surface area contributed by atoms with Gasteiger partial charge in [0.05, 0.1) is 5.69 Å². The average Bonchev–Trinajstić information content (AvgIpc) is 2.86. The van der Waals surface area contributed by atoms with Gasteiger partial charge in [-0.05, 0) is 39.3 Å². The summed E-state index contributed by atoms with van der Waals surface area (Å²) in [4.78, 5) is 13.0. The summed E-state index contributed by atoms with van der Waals surface area (Å²) in [5.41, 5.74) is 0.951. The Bertz CT molecular complexity index is 400. The molecule has 0 aromatic carbocycles. The van der Waals surface area contributed by atoms with E-state index in [1.165, 1.54) is 0 Å². The summed E-state index contributed by atoms with van der Waals surface area (Å²) < 4.78 is 1.90. The van der Waals surface area contributed by atoms with Gasteiger partial charge in [-0.15, -0.1) is 0 Å². The molecule has 1 aromatic rings. The van der Waals surface area contributed by atoms with Gasteiger partial charge in [0.2, 0.25) is 0 Å². The summed E-state index contributed by atoms with van der Waals surface area (Å²) in [6.07, 6.45) is 3.66. The van der Waals surface area contributed by atoms with Crippen molar-refractivity contribution >= 4 is 5.97 Å². The van der Waals surface area contributed by atoms with Gasteiger partial charge in [-0.2, -0.15) is 5.10 Å². The zero-order chi connectivity index (χ0) is 12.4. The summed E-state index contributed by atoms with van der Waals surface area (Å²) in [6, 6.07) is 1.98. The molecule has 0 radical (unpaired) electrons. The summed E-state index contributed by atoms with van der Waals surface area (Å²) in [6.45, 7) is 5.64. The second kappa shape index (κ2) is 4.87. The summed E-state index contributed by atoms with van der Waals surface area (Å²) in [5.74, 6) is -0.717. The summed E-state index contributed by atoms with van der Waals surface area (Å²) >= 11 is 0. The number of carboxylic acids is 1. The first-order valence-electron chi connectivity index (χ1n) is 6.09. The zero-order valence-corrected chi connectivity index (χ0v) is 10.3. The van der Waals surface area contributed by atoms with Gasteiger partial charge in [-0.25, -0.2) is 0 Å². The quantitative estimate of drug-likeness (QED) is 0.862. The number of rotatable bonds is 4. The molecule has 1 aliphatic heterocycles. The number of carboxylic acid groups (broad SMARTS) is 1. The Morgan fingerprint density at radius 2 is 2.41 bits per heavy atom. The van der Waals surface area contributed by atoms with Crippen molar-refractivity contribution in [2.75, 3.05) is 6.54 Å². The lowest BCUT2D eigenvalue weighted by atomic mass is 10.2. The number of hydrogen-bond acceptors (Lipinski definition) is 3. The van der Waals surface area contributed by atoms with Crippen LogP contribution in [-0.2, 0) is 11.3 Å². The second-order valence-electron chi connectivity index (χ2n) is 4.85. The van der Waals surface area contributed by atoms with E-state index in [2.05, 4.69) is 18.9 Å². The van der Waals surface area contributed by atoms with Gasteiger partial charge in [0.15, 0.2) is 0 Å². The molecule has 0 amide bonds. The molecule has 1 aromatic heterocycles. The third-order valence-corrected chi connectivity index (χ3v) is 3.21. The molecule has 0 aliphatic carbocycles. The molecule has 17 heavy (non-hydrogen) atoms. The fourth-order valence-corrected chi connectivity index (χ4v) is 2.25. The number of aromatic nitrogens is 2. The minimum atomic E-state index is -0.717. The third-order valence-electron chi connectivity index (χ3n) is 3.21. The van der Waals surface area contributed by atoms with Crippen molar-refractivity contribution in [2.24, 2.45) is 0 Å². The first-order valence-corrected chi connectivity index (χ1v) is 6.09. The summed E-state index contributed by atoms with van der Waals surface area (Å²) in [7, 11) is 0. The predicted octanol–water partition coefficient (Wildman–Crippen LogP) is 1.51.